The number of rotatable bonds is 6. The SMILES string of the molecule is CNC(=O)c1ccc(NC(=O)CN2CCCCCC2c2ccc(OC)cc2)cc1. The molecule has 0 radical (unpaired) electrons. The van der Waals surface area contributed by atoms with E-state index in [1.54, 1.807) is 38.4 Å². The van der Waals surface area contributed by atoms with E-state index in [1.165, 1.54) is 12.0 Å². The molecule has 1 unspecified atom stereocenters. The molecule has 0 aromatic heterocycles. The third-order valence-corrected chi connectivity index (χ3v) is 5.37. The Morgan fingerprint density at radius 3 is 2.41 bits per heavy atom. The molecular formula is C23H29N3O3. The molecule has 0 bridgehead atoms. The topological polar surface area (TPSA) is 70.7 Å². The number of carbonyl (C=O) groups is 2. The van der Waals surface area contributed by atoms with Crippen LogP contribution in [0.15, 0.2) is 48.5 Å². The van der Waals surface area contributed by atoms with Crippen molar-refractivity contribution in [3.05, 3.63) is 59.7 Å². The fraction of sp³-hybridized carbons (Fsp3) is 0.391. The summed E-state index contributed by atoms with van der Waals surface area (Å²) in [5.74, 6) is 0.653. The predicted molar refractivity (Wildman–Crippen MR) is 114 cm³/mol. The fourth-order valence-corrected chi connectivity index (χ4v) is 3.79. The van der Waals surface area contributed by atoms with E-state index in [-0.39, 0.29) is 17.9 Å². The maximum Gasteiger partial charge on any atom is 0.251 e. The van der Waals surface area contributed by atoms with Gasteiger partial charge >= 0.3 is 0 Å². The fourth-order valence-electron chi connectivity index (χ4n) is 3.79. The van der Waals surface area contributed by atoms with Crippen LogP contribution in [0.5, 0.6) is 5.75 Å². The van der Waals surface area contributed by atoms with Crippen LogP contribution in [-0.4, -0.2) is 44.0 Å². The van der Waals surface area contributed by atoms with Crippen molar-refractivity contribution in [3.63, 3.8) is 0 Å². The van der Waals surface area contributed by atoms with E-state index >= 15 is 0 Å². The number of likely N-dealkylation sites (tertiary alicyclic amines) is 1. The Kier molecular flexibility index (Phi) is 7.25. The maximum absolute atomic E-state index is 12.7. The lowest BCUT2D eigenvalue weighted by Crippen LogP contribution is -2.36. The van der Waals surface area contributed by atoms with E-state index in [0.717, 1.165) is 31.6 Å². The first-order valence-electron chi connectivity index (χ1n) is 10.1. The number of methoxy groups -OCH3 is 1. The molecule has 6 nitrogen and oxygen atoms in total. The zero-order chi connectivity index (χ0) is 20.6. The molecule has 0 saturated carbocycles. The van der Waals surface area contributed by atoms with Gasteiger partial charge in [0.1, 0.15) is 5.75 Å². The summed E-state index contributed by atoms with van der Waals surface area (Å²) >= 11 is 0. The van der Waals surface area contributed by atoms with Crippen molar-refractivity contribution in [2.75, 3.05) is 32.6 Å². The summed E-state index contributed by atoms with van der Waals surface area (Å²) in [5, 5.41) is 5.54. The molecule has 2 aromatic carbocycles. The molecule has 1 fully saturated rings. The second-order valence-electron chi connectivity index (χ2n) is 7.31. The van der Waals surface area contributed by atoms with Gasteiger partial charge in [0, 0.05) is 24.3 Å². The standard InChI is InChI=1S/C23H29N3O3/c1-24-23(28)18-7-11-19(12-8-18)25-22(27)16-26-15-5-3-4-6-21(26)17-9-13-20(29-2)14-10-17/h7-14,21H,3-6,15-16H2,1-2H3,(H,24,28)(H,25,27). The van der Waals surface area contributed by atoms with Gasteiger partial charge < -0.3 is 15.4 Å². The zero-order valence-electron chi connectivity index (χ0n) is 17.1. The zero-order valence-corrected chi connectivity index (χ0v) is 17.1. The average Bonchev–Trinajstić information content (AvgIpc) is 2.99. The summed E-state index contributed by atoms with van der Waals surface area (Å²) in [4.78, 5) is 26.6. The van der Waals surface area contributed by atoms with Gasteiger partial charge in [0.15, 0.2) is 0 Å². The van der Waals surface area contributed by atoms with E-state index in [9.17, 15) is 9.59 Å². The van der Waals surface area contributed by atoms with E-state index in [4.69, 9.17) is 4.74 Å². The second kappa shape index (κ2) is 10.1. The minimum atomic E-state index is -0.144. The third kappa shape index (κ3) is 5.57. The van der Waals surface area contributed by atoms with Gasteiger partial charge in [-0.05, 0) is 61.3 Å². The molecule has 2 N–H and O–H groups in total. The molecule has 0 aliphatic carbocycles. The first-order chi connectivity index (χ1) is 14.1. The van der Waals surface area contributed by atoms with Gasteiger partial charge in [0.05, 0.1) is 13.7 Å². The number of nitrogens with zero attached hydrogens (tertiary/aromatic N) is 1. The Morgan fingerprint density at radius 2 is 1.76 bits per heavy atom. The molecule has 1 saturated heterocycles. The lowest BCUT2D eigenvalue weighted by molar-refractivity contribution is -0.117. The van der Waals surface area contributed by atoms with Gasteiger partial charge in [-0.3, -0.25) is 14.5 Å². The third-order valence-electron chi connectivity index (χ3n) is 5.37. The summed E-state index contributed by atoms with van der Waals surface area (Å²) in [7, 11) is 3.26. The molecule has 1 heterocycles. The highest BCUT2D eigenvalue weighted by atomic mass is 16.5. The Bertz CT molecular complexity index is 818. The number of carbonyl (C=O) groups excluding carboxylic acids is 2. The second-order valence-corrected chi connectivity index (χ2v) is 7.31. The molecule has 1 aliphatic rings. The van der Waals surface area contributed by atoms with E-state index in [1.807, 2.05) is 12.1 Å². The first-order valence-corrected chi connectivity index (χ1v) is 10.1. The summed E-state index contributed by atoms with van der Waals surface area (Å²) in [6, 6.07) is 15.3. The van der Waals surface area contributed by atoms with Crippen LogP contribution in [0.25, 0.3) is 0 Å². The van der Waals surface area contributed by atoms with Crippen LogP contribution in [0.4, 0.5) is 5.69 Å². The van der Waals surface area contributed by atoms with Crippen LogP contribution < -0.4 is 15.4 Å². The number of anilines is 1. The molecule has 0 spiro atoms. The molecule has 1 aliphatic heterocycles. The van der Waals surface area contributed by atoms with Gasteiger partial charge in [-0.2, -0.15) is 0 Å². The normalized spacial score (nSPS) is 17.2. The minimum Gasteiger partial charge on any atom is -0.497 e. The van der Waals surface area contributed by atoms with Crippen LogP contribution in [0, 0.1) is 0 Å². The molecule has 154 valence electrons. The van der Waals surface area contributed by atoms with Crippen LogP contribution in [0.3, 0.4) is 0 Å². The molecule has 6 heteroatoms. The highest BCUT2D eigenvalue weighted by Crippen LogP contribution is 2.31. The van der Waals surface area contributed by atoms with Gasteiger partial charge in [0.2, 0.25) is 5.91 Å². The number of hydrogen-bond donors (Lipinski definition) is 2. The Morgan fingerprint density at radius 1 is 1.03 bits per heavy atom. The van der Waals surface area contributed by atoms with Crippen molar-refractivity contribution in [2.24, 2.45) is 0 Å². The van der Waals surface area contributed by atoms with Crippen LogP contribution >= 0.6 is 0 Å². The molecule has 29 heavy (non-hydrogen) atoms. The molecule has 3 rings (SSSR count). The van der Waals surface area contributed by atoms with E-state index in [0.29, 0.717) is 17.8 Å². The van der Waals surface area contributed by atoms with Crippen molar-refractivity contribution in [1.82, 2.24) is 10.2 Å². The number of nitrogens with one attached hydrogen (secondary N) is 2. The maximum atomic E-state index is 12.7. The van der Waals surface area contributed by atoms with E-state index in [2.05, 4.69) is 27.7 Å². The summed E-state index contributed by atoms with van der Waals surface area (Å²) in [5.41, 5.74) is 2.48. The first kappa shape index (κ1) is 20.9. The lowest BCUT2D eigenvalue weighted by Gasteiger charge is -2.29. The summed E-state index contributed by atoms with van der Waals surface area (Å²) < 4.78 is 5.27. The van der Waals surface area contributed by atoms with Crippen LogP contribution in [0.2, 0.25) is 0 Å². The summed E-state index contributed by atoms with van der Waals surface area (Å²) in [6.07, 6.45) is 4.49. The van der Waals surface area contributed by atoms with Crippen molar-refractivity contribution in [2.45, 2.75) is 31.7 Å². The Balaban J connectivity index is 1.66. The largest absolute Gasteiger partial charge is 0.497 e. The molecule has 2 amide bonds. The van der Waals surface area contributed by atoms with E-state index < -0.39 is 0 Å². The average molecular weight is 396 g/mol. The van der Waals surface area contributed by atoms with Gasteiger partial charge in [-0.1, -0.05) is 25.0 Å². The van der Waals surface area contributed by atoms with Gasteiger partial charge in [-0.25, -0.2) is 0 Å². The minimum absolute atomic E-state index is 0.0434. The smallest absolute Gasteiger partial charge is 0.251 e. The predicted octanol–water partition coefficient (Wildman–Crippen LogP) is 3.61. The number of amides is 2. The van der Waals surface area contributed by atoms with Crippen molar-refractivity contribution < 1.29 is 14.3 Å². The Labute approximate surface area is 172 Å². The quantitative estimate of drug-likeness (QED) is 0.784. The molecule has 1 atom stereocenters. The van der Waals surface area contributed by atoms with Crippen molar-refractivity contribution in [1.29, 1.82) is 0 Å². The molecule has 2 aromatic rings. The van der Waals surface area contributed by atoms with Crippen molar-refractivity contribution >= 4 is 17.5 Å². The van der Waals surface area contributed by atoms with Crippen LogP contribution in [0.1, 0.15) is 47.6 Å². The Hall–Kier alpha value is -2.86. The molecular weight excluding hydrogens is 366 g/mol. The van der Waals surface area contributed by atoms with Crippen molar-refractivity contribution in [3.8, 4) is 5.75 Å². The highest BCUT2D eigenvalue weighted by molar-refractivity contribution is 5.96. The number of ether oxygens (including phenoxy) is 1. The van der Waals surface area contributed by atoms with Gasteiger partial charge in [-0.15, -0.1) is 0 Å². The summed E-state index contributed by atoms with van der Waals surface area (Å²) in [6.45, 7) is 1.24. The monoisotopic (exact) mass is 395 g/mol. The number of benzene rings is 2. The highest BCUT2D eigenvalue weighted by Gasteiger charge is 2.24. The van der Waals surface area contributed by atoms with Crippen LogP contribution in [-0.2, 0) is 4.79 Å². The number of hydrogen-bond acceptors (Lipinski definition) is 4. The lowest BCUT2D eigenvalue weighted by atomic mass is 10.0. The van der Waals surface area contributed by atoms with Gasteiger partial charge in [0.25, 0.3) is 5.91 Å².